The van der Waals surface area contributed by atoms with Crippen LogP contribution in [0, 0.1) is 0 Å². The highest BCUT2D eigenvalue weighted by Crippen LogP contribution is 2.32. The van der Waals surface area contributed by atoms with E-state index in [-0.39, 0.29) is 24.9 Å². The molecule has 0 aliphatic rings. The summed E-state index contributed by atoms with van der Waals surface area (Å²) in [4.78, 5) is 27.1. The van der Waals surface area contributed by atoms with Crippen LogP contribution in [0.5, 0.6) is 0 Å². The second-order valence-corrected chi connectivity index (χ2v) is 7.44. The normalized spacial score (nSPS) is 11.2. The van der Waals surface area contributed by atoms with Crippen LogP contribution in [0.1, 0.15) is 33.6 Å². The Kier molecular flexibility index (Phi) is 6.91. The van der Waals surface area contributed by atoms with E-state index >= 15 is 0 Å². The van der Waals surface area contributed by atoms with Crippen LogP contribution in [-0.2, 0) is 23.9 Å². The zero-order valence-corrected chi connectivity index (χ0v) is 16.9. The average molecular weight is 449 g/mol. The summed E-state index contributed by atoms with van der Waals surface area (Å²) in [6, 6.07) is 11.6. The molecule has 162 valence electrons. The quantitative estimate of drug-likeness (QED) is 0.448. The van der Waals surface area contributed by atoms with Crippen molar-refractivity contribution in [2.45, 2.75) is 25.6 Å². The average Bonchev–Trinajstić information content (AvgIpc) is 3.18. The van der Waals surface area contributed by atoms with Gasteiger partial charge in [-0.3, -0.25) is 14.9 Å². The van der Waals surface area contributed by atoms with Crippen LogP contribution in [0.3, 0.4) is 0 Å². The van der Waals surface area contributed by atoms with Gasteiger partial charge in [0.05, 0.1) is 17.7 Å². The molecule has 0 unspecified atom stereocenters. The van der Waals surface area contributed by atoms with E-state index in [9.17, 15) is 22.8 Å². The van der Waals surface area contributed by atoms with Gasteiger partial charge < -0.3 is 10.4 Å². The van der Waals surface area contributed by atoms with Crippen molar-refractivity contribution in [1.29, 1.82) is 0 Å². The van der Waals surface area contributed by atoms with Crippen LogP contribution in [0.25, 0.3) is 0 Å². The highest BCUT2D eigenvalue weighted by Gasteiger charge is 2.32. The van der Waals surface area contributed by atoms with E-state index in [2.05, 4.69) is 15.6 Å². The van der Waals surface area contributed by atoms with Crippen LogP contribution in [-0.4, -0.2) is 22.0 Å². The summed E-state index contributed by atoms with van der Waals surface area (Å²) >= 11 is 1.20. The standard InChI is InChI=1S/C21H18F3N3O3S/c22-21(23,24)17-4-2-1-3-14(17)11-25-15-7-5-13(6-8-15)19(30)27-20-26-16(12-31-20)9-10-18(28)29/h1-8,12,25H,9-11H2,(H,28,29)(H,26,27,30). The first kappa shape index (κ1) is 22.3. The summed E-state index contributed by atoms with van der Waals surface area (Å²) in [7, 11) is 0. The number of benzene rings is 2. The van der Waals surface area contributed by atoms with Crippen LogP contribution in [0.4, 0.5) is 24.0 Å². The van der Waals surface area contributed by atoms with Gasteiger partial charge in [0, 0.05) is 29.6 Å². The number of thiazole rings is 1. The Labute approximate surface area is 179 Å². The van der Waals surface area contributed by atoms with E-state index in [1.165, 1.54) is 23.5 Å². The highest BCUT2D eigenvalue weighted by atomic mass is 32.1. The number of hydrogen-bond acceptors (Lipinski definition) is 5. The van der Waals surface area contributed by atoms with E-state index < -0.39 is 23.6 Å². The number of aromatic nitrogens is 1. The van der Waals surface area contributed by atoms with Gasteiger partial charge in [0.15, 0.2) is 5.13 Å². The SMILES string of the molecule is O=C(O)CCc1csc(NC(=O)c2ccc(NCc3ccccc3C(F)(F)F)cc2)n1. The second-order valence-electron chi connectivity index (χ2n) is 6.58. The van der Waals surface area contributed by atoms with Crippen molar-refractivity contribution in [2.75, 3.05) is 10.6 Å². The number of aryl methyl sites for hydroxylation is 1. The first-order valence-corrected chi connectivity index (χ1v) is 10.1. The molecule has 0 bridgehead atoms. The number of alkyl halides is 3. The molecule has 0 radical (unpaired) electrons. The third kappa shape index (κ3) is 6.29. The molecule has 3 aromatic rings. The molecular formula is C21H18F3N3O3S. The Bertz CT molecular complexity index is 1070. The molecule has 2 aromatic carbocycles. The number of rotatable bonds is 8. The van der Waals surface area contributed by atoms with Crippen LogP contribution in [0.2, 0.25) is 0 Å². The molecule has 31 heavy (non-hydrogen) atoms. The molecule has 6 nitrogen and oxygen atoms in total. The van der Waals surface area contributed by atoms with Gasteiger partial charge in [0.2, 0.25) is 0 Å². The first-order chi connectivity index (χ1) is 14.7. The zero-order chi connectivity index (χ0) is 22.4. The van der Waals surface area contributed by atoms with Crippen molar-refractivity contribution >= 4 is 34.0 Å². The largest absolute Gasteiger partial charge is 0.481 e. The Morgan fingerprint density at radius 1 is 1.06 bits per heavy atom. The maximum absolute atomic E-state index is 13.1. The number of nitrogens with zero attached hydrogens (tertiary/aromatic N) is 1. The van der Waals surface area contributed by atoms with Gasteiger partial charge in [0.1, 0.15) is 0 Å². The molecule has 0 aliphatic heterocycles. The number of carboxylic acids is 1. The van der Waals surface area contributed by atoms with Crippen molar-refractivity contribution in [2.24, 2.45) is 0 Å². The van der Waals surface area contributed by atoms with Crippen molar-refractivity contribution in [3.63, 3.8) is 0 Å². The Hall–Kier alpha value is -3.40. The number of anilines is 2. The number of carboxylic acid groups (broad SMARTS) is 1. The van der Waals surface area contributed by atoms with Crippen LogP contribution in [0.15, 0.2) is 53.9 Å². The number of amides is 1. The van der Waals surface area contributed by atoms with E-state index in [1.54, 1.807) is 35.7 Å². The van der Waals surface area contributed by atoms with E-state index in [0.29, 0.717) is 22.1 Å². The monoisotopic (exact) mass is 449 g/mol. The molecule has 0 saturated heterocycles. The predicted octanol–water partition coefficient (Wildman–Crippen LogP) is 5.04. The van der Waals surface area contributed by atoms with E-state index in [1.807, 2.05) is 0 Å². The highest BCUT2D eigenvalue weighted by molar-refractivity contribution is 7.14. The molecule has 0 aliphatic carbocycles. The summed E-state index contributed by atoms with van der Waals surface area (Å²) in [5, 5.41) is 16.3. The minimum atomic E-state index is -4.43. The zero-order valence-electron chi connectivity index (χ0n) is 16.1. The minimum absolute atomic E-state index is 0.0144. The number of nitrogens with one attached hydrogen (secondary N) is 2. The number of carbonyl (C=O) groups excluding carboxylic acids is 1. The summed E-state index contributed by atoms with van der Waals surface area (Å²) < 4.78 is 39.2. The fraction of sp³-hybridized carbons (Fsp3) is 0.190. The van der Waals surface area contributed by atoms with Crippen molar-refractivity contribution in [3.05, 3.63) is 76.3 Å². The predicted molar refractivity (Wildman–Crippen MR) is 111 cm³/mol. The van der Waals surface area contributed by atoms with Gasteiger partial charge in [0.25, 0.3) is 5.91 Å². The third-order valence-electron chi connectivity index (χ3n) is 4.32. The third-order valence-corrected chi connectivity index (χ3v) is 5.13. The number of hydrogen-bond donors (Lipinski definition) is 3. The molecule has 0 fully saturated rings. The molecule has 1 aromatic heterocycles. The summed E-state index contributed by atoms with van der Waals surface area (Å²) in [6.07, 6.45) is -4.19. The van der Waals surface area contributed by atoms with Crippen LogP contribution >= 0.6 is 11.3 Å². The minimum Gasteiger partial charge on any atom is -0.481 e. The molecule has 0 spiro atoms. The summed E-state index contributed by atoms with van der Waals surface area (Å²) in [5.41, 5.74) is 0.938. The van der Waals surface area contributed by atoms with E-state index in [0.717, 1.165) is 6.07 Å². The maximum atomic E-state index is 13.1. The van der Waals surface area contributed by atoms with Gasteiger partial charge in [-0.1, -0.05) is 18.2 Å². The topological polar surface area (TPSA) is 91.3 Å². The lowest BCUT2D eigenvalue weighted by Crippen LogP contribution is -2.13. The summed E-state index contributed by atoms with van der Waals surface area (Å²) in [6.45, 7) is -0.0144. The van der Waals surface area contributed by atoms with Gasteiger partial charge >= 0.3 is 12.1 Å². The molecule has 3 rings (SSSR count). The molecule has 0 saturated carbocycles. The fourth-order valence-electron chi connectivity index (χ4n) is 2.77. The lowest BCUT2D eigenvalue weighted by molar-refractivity contribution is -0.138. The summed E-state index contributed by atoms with van der Waals surface area (Å²) in [5.74, 6) is -1.32. The molecule has 1 amide bonds. The van der Waals surface area contributed by atoms with E-state index in [4.69, 9.17) is 5.11 Å². The number of carbonyl (C=O) groups is 2. The molecule has 0 atom stereocenters. The lowest BCUT2D eigenvalue weighted by atomic mass is 10.1. The van der Waals surface area contributed by atoms with Gasteiger partial charge in [-0.25, -0.2) is 4.98 Å². The van der Waals surface area contributed by atoms with Gasteiger partial charge in [-0.05, 0) is 35.9 Å². The first-order valence-electron chi connectivity index (χ1n) is 9.19. The Morgan fingerprint density at radius 2 is 1.77 bits per heavy atom. The maximum Gasteiger partial charge on any atom is 0.416 e. The van der Waals surface area contributed by atoms with Crippen molar-refractivity contribution < 1.29 is 27.9 Å². The number of aliphatic carboxylic acids is 1. The molecule has 3 N–H and O–H groups in total. The second kappa shape index (κ2) is 9.61. The smallest absolute Gasteiger partial charge is 0.416 e. The molecule has 1 heterocycles. The molecular weight excluding hydrogens is 431 g/mol. The Morgan fingerprint density at radius 3 is 2.45 bits per heavy atom. The van der Waals surface area contributed by atoms with Crippen LogP contribution < -0.4 is 10.6 Å². The van der Waals surface area contributed by atoms with Gasteiger partial charge in [-0.15, -0.1) is 11.3 Å². The number of halogens is 3. The fourth-order valence-corrected chi connectivity index (χ4v) is 3.51. The van der Waals surface area contributed by atoms with Crippen molar-refractivity contribution in [3.8, 4) is 0 Å². The lowest BCUT2D eigenvalue weighted by Gasteiger charge is -2.14. The van der Waals surface area contributed by atoms with Crippen molar-refractivity contribution in [1.82, 2.24) is 4.98 Å². The van der Waals surface area contributed by atoms with Gasteiger partial charge in [-0.2, -0.15) is 13.2 Å². The Balaban J connectivity index is 1.58. The molecule has 10 heteroatoms.